The van der Waals surface area contributed by atoms with Gasteiger partial charge in [0, 0.05) is 13.1 Å². The lowest BCUT2D eigenvalue weighted by Gasteiger charge is -2.20. The van der Waals surface area contributed by atoms with E-state index in [9.17, 15) is 8.42 Å². The molecule has 0 aliphatic carbocycles. The topological polar surface area (TPSA) is 72.6 Å². The number of methoxy groups -OCH3 is 1. The Bertz CT molecular complexity index is 515. The van der Waals surface area contributed by atoms with Crippen LogP contribution in [0.1, 0.15) is 26.7 Å². The Morgan fingerprint density at radius 1 is 1.32 bits per heavy atom. The van der Waals surface area contributed by atoms with Gasteiger partial charge in [-0.2, -0.15) is 4.31 Å². The second-order valence-corrected chi connectivity index (χ2v) is 6.19. The summed E-state index contributed by atoms with van der Waals surface area (Å²) in [4.78, 5) is 0.212. The number of nitrogen functional groups attached to an aromatic ring is 1. The van der Waals surface area contributed by atoms with Gasteiger partial charge < -0.3 is 10.5 Å². The average Bonchev–Trinajstić information content (AvgIpc) is 2.39. The van der Waals surface area contributed by atoms with Crippen LogP contribution in [-0.4, -0.2) is 32.9 Å². The SMILES string of the molecule is CCCCN(CC)S(=O)(=O)c1ccc(OC)c(N)c1. The van der Waals surface area contributed by atoms with Gasteiger partial charge in [-0.1, -0.05) is 20.3 Å². The van der Waals surface area contributed by atoms with Crippen molar-refractivity contribution in [3.05, 3.63) is 18.2 Å². The highest BCUT2D eigenvalue weighted by molar-refractivity contribution is 7.89. The Labute approximate surface area is 115 Å². The molecule has 0 fully saturated rings. The van der Waals surface area contributed by atoms with Crippen LogP contribution in [0.5, 0.6) is 5.75 Å². The molecule has 0 saturated heterocycles. The van der Waals surface area contributed by atoms with Crippen LogP contribution in [0.4, 0.5) is 5.69 Å². The largest absolute Gasteiger partial charge is 0.495 e. The predicted octanol–water partition coefficient (Wildman–Crippen LogP) is 2.09. The van der Waals surface area contributed by atoms with E-state index < -0.39 is 10.0 Å². The molecule has 6 heteroatoms. The zero-order chi connectivity index (χ0) is 14.5. The number of sulfonamides is 1. The Balaban J connectivity index is 3.07. The number of nitrogens with two attached hydrogens (primary N) is 1. The molecule has 108 valence electrons. The van der Waals surface area contributed by atoms with E-state index in [2.05, 4.69) is 0 Å². The molecule has 19 heavy (non-hydrogen) atoms. The Hall–Kier alpha value is -1.27. The number of benzene rings is 1. The van der Waals surface area contributed by atoms with E-state index >= 15 is 0 Å². The monoisotopic (exact) mass is 286 g/mol. The first kappa shape index (κ1) is 15.8. The quantitative estimate of drug-likeness (QED) is 0.779. The van der Waals surface area contributed by atoms with E-state index in [-0.39, 0.29) is 4.90 Å². The molecule has 0 heterocycles. The van der Waals surface area contributed by atoms with Crippen molar-refractivity contribution < 1.29 is 13.2 Å². The summed E-state index contributed by atoms with van der Waals surface area (Å²) < 4.78 is 31.4. The zero-order valence-corrected chi connectivity index (χ0v) is 12.5. The molecule has 0 spiro atoms. The molecule has 1 rings (SSSR count). The van der Waals surface area contributed by atoms with E-state index in [0.29, 0.717) is 24.5 Å². The van der Waals surface area contributed by atoms with Crippen LogP contribution < -0.4 is 10.5 Å². The van der Waals surface area contributed by atoms with E-state index in [1.54, 1.807) is 6.07 Å². The Morgan fingerprint density at radius 3 is 2.47 bits per heavy atom. The van der Waals surface area contributed by atoms with Gasteiger partial charge in [0.15, 0.2) is 0 Å². The summed E-state index contributed by atoms with van der Waals surface area (Å²) in [6.45, 7) is 4.85. The molecule has 0 saturated carbocycles. The molecule has 0 aliphatic rings. The Kier molecular flexibility index (Phi) is 5.62. The van der Waals surface area contributed by atoms with E-state index in [1.165, 1.54) is 23.5 Å². The normalized spacial score (nSPS) is 11.8. The third kappa shape index (κ3) is 3.61. The van der Waals surface area contributed by atoms with E-state index in [4.69, 9.17) is 10.5 Å². The third-order valence-corrected chi connectivity index (χ3v) is 4.92. The van der Waals surface area contributed by atoms with Crippen LogP contribution >= 0.6 is 0 Å². The number of ether oxygens (including phenoxy) is 1. The van der Waals surface area contributed by atoms with Crippen LogP contribution in [0.2, 0.25) is 0 Å². The van der Waals surface area contributed by atoms with Gasteiger partial charge in [0.25, 0.3) is 0 Å². The van der Waals surface area contributed by atoms with Gasteiger partial charge in [0.2, 0.25) is 10.0 Å². The van der Waals surface area contributed by atoms with Crippen molar-refractivity contribution in [2.45, 2.75) is 31.6 Å². The number of hydrogen-bond acceptors (Lipinski definition) is 4. The van der Waals surface area contributed by atoms with Crippen LogP contribution in [0, 0.1) is 0 Å². The van der Waals surface area contributed by atoms with Crippen LogP contribution in [-0.2, 0) is 10.0 Å². The molecule has 0 unspecified atom stereocenters. The predicted molar refractivity (Wildman–Crippen MR) is 76.7 cm³/mol. The molecule has 5 nitrogen and oxygen atoms in total. The molecule has 2 N–H and O–H groups in total. The molecular weight excluding hydrogens is 264 g/mol. The number of unbranched alkanes of at least 4 members (excludes halogenated alkanes) is 1. The van der Waals surface area contributed by atoms with Crippen molar-refractivity contribution in [2.75, 3.05) is 25.9 Å². The van der Waals surface area contributed by atoms with Gasteiger partial charge in [-0.25, -0.2) is 8.42 Å². The van der Waals surface area contributed by atoms with Gasteiger partial charge in [-0.05, 0) is 24.6 Å². The lowest BCUT2D eigenvalue weighted by atomic mass is 10.3. The highest BCUT2D eigenvalue weighted by atomic mass is 32.2. The van der Waals surface area contributed by atoms with E-state index in [1.807, 2.05) is 13.8 Å². The minimum atomic E-state index is -3.47. The smallest absolute Gasteiger partial charge is 0.243 e. The molecule has 0 radical (unpaired) electrons. The number of hydrogen-bond donors (Lipinski definition) is 1. The first-order valence-corrected chi connectivity index (χ1v) is 7.85. The van der Waals surface area contributed by atoms with Crippen molar-refractivity contribution in [3.63, 3.8) is 0 Å². The van der Waals surface area contributed by atoms with Crippen LogP contribution in [0.25, 0.3) is 0 Å². The van der Waals surface area contributed by atoms with Gasteiger partial charge in [0.05, 0.1) is 17.7 Å². The first-order chi connectivity index (χ1) is 8.97. The van der Waals surface area contributed by atoms with Gasteiger partial charge in [0.1, 0.15) is 5.75 Å². The van der Waals surface area contributed by atoms with Crippen molar-refractivity contribution in [2.24, 2.45) is 0 Å². The van der Waals surface area contributed by atoms with Gasteiger partial charge in [-0.3, -0.25) is 0 Å². The van der Waals surface area contributed by atoms with E-state index in [0.717, 1.165) is 12.8 Å². The van der Waals surface area contributed by atoms with Crippen molar-refractivity contribution in [1.82, 2.24) is 4.31 Å². The van der Waals surface area contributed by atoms with Gasteiger partial charge in [-0.15, -0.1) is 0 Å². The summed E-state index contributed by atoms with van der Waals surface area (Å²) in [6.07, 6.45) is 1.80. The average molecular weight is 286 g/mol. The highest BCUT2D eigenvalue weighted by Crippen LogP contribution is 2.26. The molecule has 0 aromatic heterocycles. The molecule has 1 aromatic carbocycles. The molecule has 0 atom stereocenters. The second-order valence-electron chi connectivity index (χ2n) is 4.25. The lowest BCUT2D eigenvalue weighted by Crippen LogP contribution is -2.31. The fourth-order valence-electron chi connectivity index (χ4n) is 1.80. The summed E-state index contributed by atoms with van der Waals surface area (Å²) in [7, 11) is -1.97. The molecular formula is C13H22N2O3S. The van der Waals surface area contributed by atoms with Gasteiger partial charge >= 0.3 is 0 Å². The maximum Gasteiger partial charge on any atom is 0.243 e. The van der Waals surface area contributed by atoms with Crippen molar-refractivity contribution in [3.8, 4) is 5.75 Å². The van der Waals surface area contributed by atoms with Crippen molar-refractivity contribution >= 4 is 15.7 Å². The summed E-state index contributed by atoms with van der Waals surface area (Å²) >= 11 is 0. The highest BCUT2D eigenvalue weighted by Gasteiger charge is 2.23. The molecule has 1 aromatic rings. The minimum absolute atomic E-state index is 0.212. The zero-order valence-electron chi connectivity index (χ0n) is 11.7. The summed E-state index contributed by atoms with van der Waals surface area (Å²) in [5.41, 5.74) is 6.09. The Morgan fingerprint density at radius 2 is 2.00 bits per heavy atom. The number of anilines is 1. The molecule has 0 amide bonds. The molecule has 0 bridgehead atoms. The number of nitrogens with zero attached hydrogens (tertiary/aromatic N) is 1. The molecule has 0 aliphatic heterocycles. The maximum absolute atomic E-state index is 12.5. The van der Waals surface area contributed by atoms with Crippen LogP contribution in [0.15, 0.2) is 23.1 Å². The first-order valence-electron chi connectivity index (χ1n) is 6.41. The summed E-state index contributed by atoms with van der Waals surface area (Å²) in [5, 5.41) is 0. The fraction of sp³-hybridized carbons (Fsp3) is 0.538. The summed E-state index contributed by atoms with van der Waals surface area (Å²) in [5.74, 6) is 0.482. The minimum Gasteiger partial charge on any atom is -0.495 e. The number of rotatable bonds is 7. The van der Waals surface area contributed by atoms with Crippen molar-refractivity contribution in [1.29, 1.82) is 0 Å². The second kappa shape index (κ2) is 6.77. The third-order valence-electron chi connectivity index (χ3n) is 2.95. The summed E-state index contributed by atoms with van der Waals surface area (Å²) in [6, 6.07) is 4.55. The maximum atomic E-state index is 12.5. The van der Waals surface area contributed by atoms with Crippen LogP contribution in [0.3, 0.4) is 0 Å². The lowest BCUT2D eigenvalue weighted by molar-refractivity contribution is 0.414. The fourth-order valence-corrected chi connectivity index (χ4v) is 3.33. The standard InChI is InChI=1S/C13H22N2O3S/c1-4-6-9-15(5-2)19(16,17)11-7-8-13(18-3)12(14)10-11/h7-8,10H,4-6,9,14H2,1-3H3.